The van der Waals surface area contributed by atoms with Gasteiger partial charge < -0.3 is 36.5 Å². The molecular formula is C48H59N3O6. The van der Waals surface area contributed by atoms with Crippen LogP contribution in [-0.2, 0) is 24.1 Å². The number of nitrogens with one attached hydrogen (secondary N) is 1. The van der Waals surface area contributed by atoms with E-state index in [1.54, 1.807) is 42.6 Å². The topological polar surface area (TPSA) is 172 Å². The van der Waals surface area contributed by atoms with Gasteiger partial charge in [0.15, 0.2) is 23.1 Å². The molecule has 0 saturated carbocycles. The molecule has 0 bridgehead atoms. The number of benzene rings is 3. The molecule has 0 saturated heterocycles. The third-order valence-electron chi connectivity index (χ3n) is 10.8. The quantitative estimate of drug-likeness (QED) is 0.0225. The predicted molar refractivity (Wildman–Crippen MR) is 225 cm³/mol. The van der Waals surface area contributed by atoms with E-state index in [2.05, 4.69) is 23.7 Å². The van der Waals surface area contributed by atoms with Gasteiger partial charge in [-0.15, -0.1) is 0 Å². The van der Waals surface area contributed by atoms with Gasteiger partial charge >= 0.3 is 0 Å². The summed E-state index contributed by atoms with van der Waals surface area (Å²) in [5.74, 6) is 6.89. The van der Waals surface area contributed by atoms with Crippen molar-refractivity contribution in [3.63, 3.8) is 0 Å². The van der Waals surface area contributed by atoms with Crippen LogP contribution < -0.4 is 16.2 Å². The number of hydrogen-bond acceptors (Lipinski definition) is 8. The first-order chi connectivity index (χ1) is 27.5. The van der Waals surface area contributed by atoms with E-state index >= 15 is 0 Å². The lowest BCUT2D eigenvalue weighted by Crippen LogP contribution is -2.20. The summed E-state index contributed by atoms with van der Waals surface area (Å²) in [5.41, 5.74) is 17.9. The van der Waals surface area contributed by atoms with Crippen LogP contribution in [0.3, 0.4) is 0 Å². The monoisotopic (exact) mass is 773 g/mol. The van der Waals surface area contributed by atoms with Crippen molar-refractivity contribution >= 4 is 11.6 Å². The molecule has 0 aliphatic heterocycles. The third-order valence-corrected chi connectivity index (χ3v) is 10.8. The lowest BCUT2D eigenvalue weighted by Gasteiger charge is -2.22. The zero-order valence-electron chi connectivity index (χ0n) is 33.4. The lowest BCUT2D eigenvalue weighted by atomic mass is 9.81. The Morgan fingerprint density at radius 1 is 0.965 bits per heavy atom. The van der Waals surface area contributed by atoms with Gasteiger partial charge in [-0.25, -0.2) is 0 Å². The number of ketones is 2. The number of aromatic nitrogens is 1. The number of carbonyl (C=O) groups is 2. The van der Waals surface area contributed by atoms with E-state index in [-0.39, 0.29) is 42.2 Å². The molecule has 1 aromatic heterocycles. The molecule has 3 unspecified atom stereocenters. The number of hydrogen-bond donors (Lipinski definition) is 6. The molecule has 0 amide bonds. The van der Waals surface area contributed by atoms with Crippen molar-refractivity contribution in [1.82, 2.24) is 4.98 Å². The summed E-state index contributed by atoms with van der Waals surface area (Å²) in [6, 6.07) is 17.9. The van der Waals surface area contributed by atoms with Crippen molar-refractivity contribution in [2.45, 2.75) is 116 Å². The molecular weight excluding hydrogens is 715 g/mol. The van der Waals surface area contributed by atoms with Crippen molar-refractivity contribution in [1.29, 1.82) is 0 Å². The number of aromatic amines is 1. The summed E-state index contributed by atoms with van der Waals surface area (Å²) in [6.07, 6.45) is 14.8. The molecule has 9 heteroatoms. The minimum absolute atomic E-state index is 0.0124. The molecule has 1 aliphatic carbocycles. The summed E-state index contributed by atoms with van der Waals surface area (Å²) in [7, 11) is 0. The second-order valence-electron chi connectivity index (χ2n) is 15.4. The van der Waals surface area contributed by atoms with E-state index in [4.69, 9.17) is 16.2 Å². The zero-order valence-corrected chi connectivity index (χ0v) is 33.4. The van der Waals surface area contributed by atoms with E-state index < -0.39 is 12.1 Å². The number of fused-ring (bicyclic) bond motifs is 2. The van der Waals surface area contributed by atoms with Gasteiger partial charge in [0.1, 0.15) is 5.75 Å². The number of allylic oxidation sites excluding steroid dienone is 2. The lowest BCUT2D eigenvalue weighted by molar-refractivity contribution is -0.114. The van der Waals surface area contributed by atoms with Gasteiger partial charge in [-0.2, -0.15) is 0 Å². The second kappa shape index (κ2) is 21.4. The number of carbonyl (C=O) groups excluding carboxylic acids is 2. The maximum Gasteiger partial charge on any atom is 0.165 e. The molecule has 9 nitrogen and oxygen atoms in total. The van der Waals surface area contributed by atoms with Crippen molar-refractivity contribution in [2.24, 2.45) is 17.4 Å². The van der Waals surface area contributed by atoms with Gasteiger partial charge in [0.05, 0.1) is 25.3 Å². The van der Waals surface area contributed by atoms with E-state index in [0.29, 0.717) is 54.0 Å². The number of Topliss-reactive ketones (excluding diaryl/α,β-unsaturated/α-hetero) is 1. The minimum atomic E-state index is -0.689. The molecule has 3 atom stereocenters. The molecule has 3 aromatic carbocycles. The van der Waals surface area contributed by atoms with Gasteiger partial charge in [0, 0.05) is 53.8 Å². The predicted octanol–water partition coefficient (Wildman–Crippen LogP) is 8.47. The molecule has 5 rings (SSSR count). The number of aromatic hydroxyl groups is 2. The van der Waals surface area contributed by atoms with Gasteiger partial charge in [-0.1, -0.05) is 87.3 Å². The number of aryl methyl sites for hydroxylation is 1. The van der Waals surface area contributed by atoms with Crippen molar-refractivity contribution in [3.8, 4) is 29.1 Å². The molecule has 8 N–H and O–H groups in total. The summed E-state index contributed by atoms with van der Waals surface area (Å²) in [5, 5.41) is 31.7. The average molecular weight is 774 g/mol. The second-order valence-corrected chi connectivity index (χ2v) is 15.4. The van der Waals surface area contributed by atoms with E-state index in [9.17, 15) is 24.9 Å². The van der Waals surface area contributed by atoms with Gasteiger partial charge in [0.25, 0.3) is 0 Å². The molecule has 1 aliphatic rings. The van der Waals surface area contributed by atoms with Crippen LogP contribution in [0.4, 0.5) is 0 Å². The highest BCUT2D eigenvalue weighted by atomic mass is 16.5. The largest absolute Gasteiger partial charge is 0.508 e. The Morgan fingerprint density at radius 3 is 2.51 bits per heavy atom. The number of aliphatic hydroxyl groups excluding tert-OH is 1. The summed E-state index contributed by atoms with van der Waals surface area (Å²) >= 11 is 0. The van der Waals surface area contributed by atoms with Crippen molar-refractivity contribution < 1.29 is 29.6 Å². The number of phenols is 2. The minimum Gasteiger partial charge on any atom is -0.508 e. The number of ether oxygens (including phenoxy) is 1. The fourth-order valence-corrected chi connectivity index (χ4v) is 7.70. The van der Waals surface area contributed by atoms with Crippen LogP contribution in [-0.4, -0.2) is 44.6 Å². The molecule has 0 radical (unpaired) electrons. The van der Waals surface area contributed by atoms with Crippen LogP contribution in [0.2, 0.25) is 0 Å². The van der Waals surface area contributed by atoms with Crippen LogP contribution in [0.5, 0.6) is 17.2 Å². The normalized spacial score (nSPS) is 15.1. The Morgan fingerprint density at radius 2 is 1.74 bits per heavy atom. The smallest absolute Gasteiger partial charge is 0.165 e. The molecule has 1 heterocycles. The first-order valence-electron chi connectivity index (χ1n) is 20.5. The average Bonchev–Trinajstić information content (AvgIpc) is 3.66. The standard InChI is InChI=1S/C48H59N3O6/c1-3-4-6-10-33(27-32(2)52)11-7-5-8-13-38(53)19-15-34-17-22-45(55)47(29-34)57-26-24-35-16-21-44(54)42(28-35)41-31-46(56)40-23-25-51-43(40)14-9-12-36-30-37(48(49)50)18-20-39(36)41/h8,13,16-18,20-23,25,28-30,32-33,41,48,51-52,54-55H,3-7,10-11,14-15,19,24,26-27,31,49-50H2,1-2H3. The number of rotatable bonds is 20. The SMILES string of the molecule is CCCCCC(CCCC=CC(=O)CCc1ccc(O)c(OCCc2ccc(O)c(C3CC(=O)c4cc[nH]c4CC#Cc4cc(C(N)N)ccc43)c2)c1)CC(C)O. The Balaban J connectivity index is 1.20. The summed E-state index contributed by atoms with van der Waals surface area (Å²) < 4.78 is 6.05. The molecule has 302 valence electrons. The fourth-order valence-electron chi connectivity index (χ4n) is 7.70. The molecule has 0 fully saturated rings. The highest BCUT2D eigenvalue weighted by Crippen LogP contribution is 2.38. The van der Waals surface area contributed by atoms with Crippen LogP contribution in [0.25, 0.3) is 0 Å². The first kappa shape index (κ1) is 43.0. The van der Waals surface area contributed by atoms with Gasteiger partial charge in [0.2, 0.25) is 0 Å². The van der Waals surface area contributed by atoms with Crippen LogP contribution in [0, 0.1) is 17.8 Å². The zero-order chi connectivity index (χ0) is 40.7. The number of H-pyrrole nitrogens is 1. The number of nitrogens with two attached hydrogens (primary N) is 2. The van der Waals surface area contributed by atoms with Crippen LogP contribution in [0.1, 0.15) is 140 Å². The van der Waals surface area contributed by atoms with E-state index in [1.807, 2.05) is 43.3 Å². The fraction of sp³-hybridized carbons (Fsp3) is 0.417. The Labute approximate surface area is 337 Å². The maximum absolute atomic E-state index is 13.7. The molecule has 0 spiro atoms. The Bertz CT molecular complexity index is 2050. The highest BCUT2D eigenvalue weighted by molar-refractivity contribution is 5.98. The first-order valence-corrected chi connectivity index (χ1v) is 20.5. The Hall–Kier alpha value is -5.14. The van der Waals surface area contributed by atoms with Gasteiger partial charge in [-0.05, 0) is 97.2 Å². The summed E-state index contributed by atoms with van der Waals surface area (Å²) in [4.78, 5) is 29.5. The Kier molecular flexibility index (Phi) is 16.1. The van der Waals surface area contributed by atoms with Crippen LogP contribution >= 0.6 is 0 Å². The number of aliphatic hydroxyl groups is 1. The molecule has 57 heavy (non-hydrogen) atoms. The van der Waals surface area contributed by atoms with Crippen LogP contribution in [0.15, 0.2) is 79.0 Å². The highest BCUT2D eigenvalue weighted by Gasteiger charge is 2.27. The third kappa shape index (κ3) is 12.7. The van der Waals surface area contributed by atoms with Crippen molar-refractivity contribution in [3.05, 3.63) is 124 Å². The summed E-state index contributed by atoms with van der Waals surface area (Å²) in [6.45, 7) is 4.31. The number of unbranched alkanes of at least 4 members (excludes halogenated alkanes) is 3. The van der Waals surface area contributed by atoms with E-state index in [1.165, 1.54) is 19.3 Å². The van der Waals surface area contributed by atoms with Gasteiger partial charge in [-0.3, -0.25) is 9.59 Å². The molecule has 4 aromatic rings. The number of phenolic OH excluding ortho intramolecular Hbond substituents is 2. The van der Waals surface area contributed by atoms with E-state index in [0.717, 1.165) is 60.1 Å². The van der Waals surface area contributed by atoms with Crippen molar-refractivity contribution in [2.75, 3.05) is 6.61 Å². The maximum atomic E-state index is 13.7.